The lowest BCUT2D eigenvalue weighted by atomic mass is 9.78. The number of amides is 1. The van der Waals surface area contributed by atoms with Gasteiger partial charge >= 0.3 is 5.97 Å². The number of nitrogens with zero attached hydrogens (tertiary/aromatic N) is 1. The van der Waals surface area contributed by atoms with Gasteiger partial charge in [-0.05, 0) is 56.1 Å². The average molecular weight is 458 g/mol. The highest BCUT2D eigenvalue weighted by Crippen LogP contribution is 2.43. The van der Waals surface area contributed by atoms with Crippen LogP contribution in [0.15, 0.2) is 36.4 Å². The third kappa shape index (κ3) is 6.44. The van der Waals surface area contributed by atoms with Gasteiger partial charge in [-0.15, -0.1) is 11.3 Å². The minimum atomic E-state index is -0.399. The summed E-state index contributed by atoms with van der Waals surface area (Å²) >= 11 is 1.43. The van der Waals surface area contributed by atoms with E-state index in [4.69, 9.17) is 4.74 Å². The summed E-state index contributed by atoms with van der Waals surface area (Å²) in [7, 11) is 1.39. The Hall–Kier alpha value is -2.14. The van der Waals surface area contributed by atoms with Crippen LogP contribution >= 0.6 is 11.3 Å². The lowest BCUT2D eigenvalue weighted by molar-refractivity contribution is -0.120. The first kappa shape index (κ1) is 26.1. The second kappa shape index (κ2) is 11.1. The summed E-state index contributed by atoms with van der Waals surface area (Å²) < 4.78 is 5.10. The Balaban J connectivity index is 2.56. The molecule has 2 rings (SSSR count). The molecule has 0 spiro atoms. The molecule has 0 saturated heterocycles. The van der Waals surface area contributed by atoms with Gasteiger partial charge in [0.2, 0.25) is 5.91 Å². The third-order valence-corrected chi connectivity index (χ3v) is 7.10. The standard InChI is InChI=1S/C27H39NO3S/c1-9-10-20(5)28(25(29)19(4)12-11-18(2)3)22-17-23(32-24(22)26(30)31-8)21-13-15-27(6,7)16-14-21/h9-13,17-20H,14-16H2,1-8H3/b10-9+,12-11+. The number of hydrogen-bond acceptors (Lipinski definition) is 4. The Morgan fingerprint density at radius 1 is 1.16 bits per heavy atom. The third-order valence-electron chi connectivity index (χ3n) is 5.92. The van der Waals surface area contributed by atoms with Crippen LogP contribution in [-0.2, 0) is 9.53 Å². The lowest BCUT2D eigenvalue weighted by Crippen LogP contribution is -2.41. The molecule has 0 aromatic carbocycles. The van der Waals surface area contributed by atoms with Crippen molar-refractivity contribution < 1.29 is 14.3 Å². The zero-order valence-corrected chi connectivity index (χ0v) is 21.7. The molecule has 2 unspecified atom stereocenters. The number of anilines is 1. The van der Waals surface area contributed by atoms with Crippen LogP contribution in [-0.4, -0.2) is 25.0 Å². The molecular formula is C27H39NO3S. The van der Waals surface area contributed by atoms with E-state index in [0.717, 1.165) is 24.1 Å². The average Bonchev–Trinajstić information content (AvgIpc) is 3.16. The Kier molecular flexibility index (Phi) is 9.08. The van der Waals surface area contributed by atoms with Gasteiger partial charge in [0.25, 0.3) is 0 Å². The van der Waals surface area contributed by atoms with Crippen molar-refractivity contribution in [3.8, 4) is 0 Å². The molecule has 0 radical (unpaired) electrons. The Morgan fingerprint density at radius 2 is 1.84 bits per heavy atom. The van der Waals surface area contributed by atoms with Crippen LogP contribution in [0.1, 0.15) is 82.3 Å². The summed E-state index contributed by atoms with van der Waals surface area (Å²) in [6, 6.07) is 1.82. The number of carbonyl (C=O) groups is 2. The zero-order chi connectivity index (χ0) is 24.1. The maximum atomic E-state index is 13.6. The molecular weight excluding hydrogens is 418 g/mol. The molecule has 4 nitrogen and oxygen atoms in total. The number of esters is 1. The fraction of sp³-hybridized carbons (Fsp3) is 0.556. The van der Waals surface area contributed by atoms with Crippen molar-refractivity contribution in [2.24, 2.45) is 17.3 Å². The fourth-order valence-electron chi connectivity index (χ4n) is 3.85. The van der Waals surface area contributed by atoms with E-state index in [0.29, 0.717) is 21.9 Å². The number of methoxy groups -OCH3 is 1. The van der Waals surface area contributed by atoms with Crippen LogP contribution in [0.5, 0.6) is 0 Å². The zero-order valence-electron chi connectivity index (χ0n) is 20.9. The maximum absolute atomic E-state index is 13.6. The Morgan fingerprint density at radius 3 is 2.38 bits per heavy atom. The van der Waals surface area contributed by atoms with Crippen molar-refractivity contribution in [2.75, 3.05) is 12.0 Å². The molecule has 1 aliphatic carbocycles. The molecule has 32 heavy (non-hydrogen) atoms. The van der Waals surface area contributed by atoms with Gasteiger partial charge in [0.1, 0.15) is 4.88 Å². The molecule has 1 aliphatic rings. The molecule has 2 atom stereocenters. The Bertz CT molecular complexity index is 904. The highest BCUT2D eigenvalue weighted by Gasteiger charge is 2.31. The first-order chi connectivity index (χ1) is 15.0. The molecule has 176 valence electrons. The summed E-state index contributed by atoms with van der Waals surface area (Å²) in [4.78, 5) is 29.6. The van der Waals surface area contributed by atoms with Crippen molar-refractivity contribution >= 4 is 34.5 Å². The van der Waals surface area contributed by atoms with Crippen molar-refractivity contribution in [1.29, 1.82) is 0 Å². The molecule has 0 fully saturated rings. The van der Waals surface area contributed by atoms with E-state index in [1.165, 1.54) is 24.0 Å². The SMILES string of the molecule is C/C=C/C(C)N(C(=O)C(C)/C=C/C(C)C)c1cc(C2=CCC(C)(C)CC2)sc1C(=O)OC. The molecule has 0 bridgehead atoms. The first-order valence-electron chi connectivity index (χ1n) is 11.6. The van der Waals surface area contributed by atoms with E-state index in [2.05, 4.69) is 39.8 Å². The molecule has 1 heterocycles. The lowest BCUT2D eigenvalue weighted by Gasteiger charge is -2.29. The van der Waals surface area contributed by atoms with Crippen LogP contribution in [0.25, 0.3) is 5.57 Å². The molecule has 0 aliphatic heterocycles. The van der Waals surface area contributed by atoms with Crippen molar-refractivity contribution in [3.63, 3.8) is 0 Å². The van der Waals surface area contributed by atoms with Crippen LogP contribution < -0.4 is 4.90 Å². The van der Waals surface area contributed by atoms with E-state index in [1.54, 1.807) is 4.90 Å². The fourth-order valence-corrected chi connectivity index (χ4v) is 4.99. The van der Waals surface area contributed by atoms with E-state index >= 15 is 0 Å². The van der Waals surface area contributed by atoms with E-state index in [1.807, 2.05) is 45.1 Å². The molecule has 1 aromatic rings. The topological polar surface area (TPSA) is 46.6 Å². The van der Waals surface area contributed by atoms with Crippen LogP contribution in [0.2, 0.25) is 0 Å². The van der Waals surface area contributed by atoms with Gasteiger partial charge in [-0.25, -0.2) is 4.79 Å². The minimum Gasteiger partial charge on any atom is -0.465 e. The van der Waals surface area contributed by atoms with E-state index < -0.39 is 5.97 Å². The molecule has 5 heteroatoms. The summed E-state index contributed by atoms with van der Waals surface area (Å²) in [6.07, 6.45) is 13.3. The van der Waals surface area contributed by atoms with Crippen LogP contribution in [0.3, 0.4) is 0 Å². The number of hydrogen-bond donors (Lipinski definition) is 0. The highest BCUT2D eigenvalue weighted by atomic mass is 32.1. The number of rotatable bonds is 8. The predicted molar refractivity (Wildman–Crippen MR) is 136 cm³/mol. The van der Waals surface area contributed by atoms with Crippen molar-refractivity contribution in [1.82, 2.24) is 0 Å². The predicted octanol–water partition coefficient (Wildman–Crippen LogP) is 7.27. The van der Waals surface area contributed by atoms with Gasteiger partial charge in [-0.3, -0.25) is 4.79 Å². The van der Waals surface area contributed by atoms with E-state index in [9.17, 15) is 9.59 Å². The van der Waals surface area contributed by atoms with Crippen LogP contribution in [0, 0.1) is 17.3 Å². The largest absolute Gasteiger partial charge is 0.465 e. The van der Waals surface area contributed by atoms with Gasteiger partial charge in [0.05, 0.1) is 24.8 Å². The van der Waals surface area contributed by atoms with Crippen molar-refractivity contribution in [3.05, 3.63) is 46.2 Å². The quantitative estimate of drug-likeness (QED) is 0.304. The number of ether oxygens (including phenoxy) is 1. The second-order valence-electron chi connectivity index (χ2n) is 9.81. The van der Waals surface area contributed by atoms with Gasteiger partial charge < -0.3 is 9.64 Å². The monoisotopic (exact) mass is 457 g/mol. The maximum Gasteiger partial charge on any atom is 0.350 e. The number of allylic oxidation sites excluding steroid dienone is 4. The number of carbonyl (C=O) groups excluding carboxylic acids is 2. The molecule has 0 saturated carbocycles. The smallest absolute Gasteiger partial charge is 0.350 e. The van der Waals surface area contributed by atoms with Crippen LogP contribution in [0.4, 0.5) is 5.69 Å². The van der Waals surface area contributed by atoms with Gasteiger partial charge in [-0.1, -0.05) is 65.0 Å². The van der Waals surface area contributed by atoms with Crippen molar-refractivity contribution in [2.45, 2.75) is 73.8 Å². The summed E-state index contributed by atoms with van der Waals surface area (Å²) in [6.45, 7) is 14.6. The normalized spacial score (nSPS) is 18.1. The second-order valence-corrected chi connectivity index (χ2v) is 10.9. The van der Waals surface area contributed by atoms with Gasteiger partial charge in [-0.2, -0.15) is 0 Å². The molecule has 1 aromatic heterocycles. The summed E-state index contributed by atoms with van der Waals surface area (Å²) in [5, 5.41) is 0. The summed E-state index contributed by atoms with van der Waals surface area (Å²) in [5.74, 6) is -0.356. The first-order valence-corrected chi connectivity index (χ1v) is 12.4. The van der Waals surface area contributed by atoms with Gasteiger partial charge in [0, 0.05) is 4.88 Å². The van der Waals surface area contributed by atoms with Gasteiger partial charge in [0.15, 0.2) is 0 Å². The molecule has 0 N–H and O–H groups in total. The molecule has 1 amide bonds. The van der Waals surface area contributed by atoms with E-state index in [-0.39, 0.29) is 17.9 Å². The summed E-state index contributed by atoms with van der Waals surface area (Å²) in [5.41, 5.74) is 2.20. The highest BCUT2D eigenvalue weighted by molar-refractivity contribution is 7.15. The number of thiophene rings is 1. The minimum absolute atomic E-state index is 0.0271. The Labute approximate surface area is 198 Å².